The molecule has 1 aliphatic heterocycles. The van der Waals surface area contributed by atoms with Gasteiger partial charge in [0.2, 0.25) is 5.91 Å². The van der Waals surface area contributed by atoms with Crippen LogP contribution in [0.15, 0.2) is 24.3 Å². The van der Waals surface area contributed by atoms with Crippen LogP contribution in [-0.2, 0) is 4.79 Å². The summed E-state index contributed by atoms with van der Waals surface area (Å²) in [5.41, 5.74) is 1.15. The van der Waals surface area contributed by atoms with Crippen LogP contribution in [0.3, 0.4) is 0 Å². The highest BCUT2D eigenvalue weighted by atomic mass is 35.5. The molecule has 0 bridgehead atoms. The Balaban J connectivity index is 2.21. The van der Waals surface area contributed by atoms with Crippen molar-refractivity contribution in [3.05, 3.63) is 34.9 Å². The predicted molar refractivity (Wildman–Crippen MR) is 73.6 cm³/mol. The third-order valence-corrected chi connectivity index (χ3v) is 3.75. The Morgan fingerprint density at radius 2 is 2.12 bits per heavy atom. The zero-order valence-corrected chi connectivity index (χ0v) is 11.4. The summed E-state index contributed by atoms with van der Waals surface area (Å²) >= 11 is 10.3. The van der Waals surface area contributed by atoms with E-state index in [2.05, 4.69) is 19.6 Å². The zero-order valence-electron chi connectivity index (χ0n) is 9.77. The van der Waals surface area contributed by atoms with E-state index in [0.717, 1.165) is 23.6 Å². The molecule has 2 rings (SSSR count). The molecule has 92 valence electrons. The van der Waals surface area contributed by atoms with Crippen molar-refractivity contribution >= 4 is 30.1 Å². The van der Waals surface area contributed by atoms with Crippen LogP contribution in [0.2, 0.25) is 5.02 Å². The van der Waals surface area contributed by atoms with Crippen LogP contribution < -0.4 is 0 Å². The van der Waals surface area contributed by atoms with E-state index in [0.29, 0.717) is 6.42 Å². The lowest BCUT2D eigenvalue weighted by Gasteiger charge is -2.27. The lowest BCUT2D eigenvalue weighted by Crippen LogP contribution is -2.30. The molecular weight excluding hydrogens is 254 g/mol. The Kier molecular flexibility index (Phi) is 4.00. The molecule has 2 unspecified atom stereocenters. The molecule has 2 nitrogen and oxygen atoms in total. The highest BCUT2D eigenvalue weighted by Gasteiger charge is 2.32. The molecule has 0 spiro atoms. The lowest BCUT2D eigenvalue weighted by atomic mass is 10.0. The number of carbonyl (C=O) groups is 1. The molecule has 0 aromatic heterocycles. The van der Waals surface area contributed by atoms with E-state index in [-0.39, 0.29) is 17.2 Å². The second kappa shape index (κ2) is 5.32. The molecule has 1 heterocycles. The first-order valence-corrected chi connectivity index (χ1v) is 6.74. The van der Waals surface area contributed by atoms with E-state index >= 15 is 0 Å². The molecule has 1 fully saturated rings. The maximum Gasteiger partial charge on any atom is 0.224 e. The van der Waals surface area contributed by atoms with Crippen LogP contribution in [0.25, 0.3) is 0 Å². The van der Waals surface area contributed by atoms with Gasteiger partial charge in [-0.05, 0) is 24.1 Å². The summed E-state index contributed by atoms with van der Waals surface area (Å²) in [6.45, 7) is 2.83. The minimum Gasteiger partial charge on any atom is -0.335 e. The van der Waals surface area contributed by atoms with Crippen molar-refractivity contribution in [1.29, 1.82) is 0 Å². The highest BCUT2D eigenvalue weighted by Crippen LogP contribution is 2.30. The Hall–Kier alpha value is -0.670. The fourth-order valence-electron chi connectivity index (χ4n) is 2.33. The number of likely N-dealkylation sites (tertiary alicyclic amines) is 1. The van der Waals surface area contributed by atoms with Crippen molar-refractivity contribution in [3.63, 3.8) is 0 Å². The normalized spacial score (nSPS) is 21.9. The van der Waals surface area contributed by atoms with Crippen LogP contribution in [-0.4, -0.2) is 22.6 Å². The molecular formula is C13H16ClNOS. The van der Waals surface area contributed by atoms with E-state index in [9.17, 15) is 4.79 Å². The quantitative estimate of drug-likeness (QED) is 0.835. The summed E-state index contributed by atoms with van der Waals surface area (Å²) in [7, 11) is 0. The Morgan fingerprint density at radius 3 is 2.59 bits per heavy atom. The molecule has 4 heteroatoms. The Morgan fingerprint density at radius 1 is 1.47 bits per heavy atom. The summed E-state index contributed by atoms with van der Waals surface area (Å²) in [6, 6.07) is 7.89. The minimum absolute atomic E-state index is 0.150. The van der Waals surface area contributed by atoms with Gasteiger partial charge in [0.05, 0.1) is 6.04 Å². The number of halogens is 1. The first kappa shape index (κ1) is 12.8. The average Bonchev–Trinajstić information content (AvgIpc) is 2.62. The summed E-state index contributed by atoms with van der Waals surface area (Å²) < 4.78 is 0. The van der Waals surface area contributed by atoms with E-state index in [1.165, 1.54) is 0 Å². The summed E-state index contributed by atoms with van der Waals surface area (Å²) in [5.74, 6) is 0.201. The Labute approximate surface area is 112 Å². The fourth-order valence-corrected chi connectivity index (χ4v) is 2.79. The molecule has 1 saturated heterocycles. The second-order valence-electron chi connectivity index (χ2n) is 4.38. The summed E-state index contributed by atoms with van der Waals surface area (Å²) in [4.78, 5) is 13.8. The van der Waals surface area contributed by atoms with Gasteiger partial charge in [0.1, 0.15) is 0 Å². The number of thiol groups is 1. The largest absolute Gasteiger partial charge is 0.335 e. The second-order valence-corrected chi connectivity index (χ2v) is 5.55. The van der Waals surface area contributed by atoms with Crippen LogP contribution in [0.1, 0.15) is 31.4 Å². The molecule has 1 aromatic rings. The van der Waals surface area contributed by atoms with Gasteiger partial charge >= 0.3 is 0 Å². The first-order valence-electron chi connectivity index (χ1n) is 5.84. The van der Waals surface area contributed by atoms with Gasteiger partial charge in [0.25, 0.3) is 0 Å². The lowest BCUT2D eigenvalue weighted by molar-refractivity contribution is -0.129. The SMILES string of the molecule is CCC(c1ccc(Cl)cc1)N1CC(S)CC1=O. The number of nitrogens with zero attached hydrogens (tertiary/aromatic N) is 1. The molecule has 1 aromatic carbocycles. The molecule has 2 atom stereocenters. The molecule has 0 N–H and O–H groups in total. The van der Waals surface area contributed by atoms with Crippen LogP contribution in [0.4, 0.5) is 0 Å². The van der Waals surface area contributed by atoms with Crippen LogP contribution >= 0.6 is 24.2 Å². The zero-order chi connectivity index (χ0) is 12.4. The molecule has 0 saturated carbocycles. The average molecular weight is 270 g/mol. The van der Waals surface area contributed by atoms with Crippen LogP contribution in [0.5, 0.6) is 0 Å². The number of amides is 1. The number of carbonyl (C=O) groups excluding carboxylic acids is 1. The van der Waals surface area contributed by atoms with Gasteiger partial charge in [-0.2, -0.15) is 12.6 Å². The van der Waals surface area contributed by atoms with E-state index in [4.69, 9.17) is 11.6 Å². The van der Waals surface area contributed by atoms with Crippen molar-refractivity contribution in [2.45, 2.75) is 31.1 Å². The smallest absolute Gasteiger partial charge is 0.224 e. The van der Waals surface area contributed by atoms with E-state index < -0.39 is 0 Å². The van der Waals surface area contributed by atoms with Gasteiger partial charge in [0.15, 0.2) is 0 Å². The third-order valence-electron chi connectivity index (χ3n) is 3.16. The van der Waals surface area contributed by atoms with Crippen molar-refractivity contribution < 1.29 is 4.79 Å². The maximum absolute atomic E-state index is 11.9. The van der Waals surface area contributed by atoms with Gasteiger partial charge in [-0.15, -0.1) is 0 Å². The van der Waals surface area contributed by atoms with Gasteiger partial charge < -0.3 is 4.90 Å². The molecule has 0 aliphatic carbocycles. The molecule has 1 aliphatic rings. The van der Waals surface area contributed by atoms with Gasteiger partial charge in [-0.25, -0.2) is 0 Å². The fraction of sp³-hybridized carbons (Fsp3) is 0.462. The van der Waals surface area contributed by atoms with Gasteiger partial charge in [-0.3, -0.25) is 4.79 Å². The maximum atomic E-state index is 11.9. The third kappa shape index (κ3) is 2.78. The Bertz CT molecular complexity index is 406. The predicted octanol–water partition coefficient (Wildman–Crippen LogP) is 3.32. The van der Waals surface area contributed by atoms with Crippen molar-refractivity contribution in [2.24, 2.45) is 0 Å². The minimum atomic E-state index is 0.150. The summed E-state index contributed by atoms with van der Waals surface area (Å²) in [6.07, 6.45) is 1.46. The molecule has 0 radical (unpaired) electrons. The number of hydrogen-bond acceptors (Lipinski definition) is 2. The molecule has 17 heavy (non-hydrogen) atoms. The van der Waals surface area contributed by atoms with E-state index in [1.807, 2.05) is 29.2 Å². The van der Waals surface area contributed by atoms with Gasteiger partial charge in [0, 0.05) is 23.2 Å². The highest BCUT2D eigenvalue weighted by molar-refractivity contribution is 7.81. The standard InChI is InChI=1S/C13H16ClNOS/c1-2-12(9-3-5-10(14)6-4-9)15-8-11(17)7-13(15)16/h3-6,11-12,17H,2,7-8H2,1H3. The monoisotopic (exact) mass is 269 g/mol. The van der Waals surface area contributed by atoms with E-state index in [1.54, 1.807) is 0 Å². The van der Waals surface area contributed by atoms with Crippen molar-refractivity contribution in [1.82, 2.24) is 4.90 Å². The number of hydrogen-bond donors (Lipinski definition) is 1. The molecule has 1 amide bonds. The number of rotatable bonds is 3. The summed E-state index contributed by atoms with van der Waals surface area (Å²) in [5, 5.41) is 0.896. The topological polar surface area (TPSA) is 20.3 Å². The van der Waals surface area contributed by atoms with Crippen LogP contribution in [0, 0.1) is 0 Å². The van der Waals surface area contributed by atoms with Gasteiger partial charge in [-0.1, -0.05) is 30.7 Å². The van der Waals surface area contributed by atoms with Crippen molar-refractivity contribution in [3.8, 4) is 0 Å². The first-order chi connectivity index (χ1) is 8.11. The number of benzene rings is 1. The van der Waals surface area contributed by atoms with Crippen molar-refractivity contribution in [2.75, 3.05) is 6.54 Å².